The highest BCUT2D eigenvalue weighted by Gasteiger charge is 2.14. The van der Waals surface area contributed by atoms with Crippen molar-refractivity contribution in [3.8, 4) is 0 Å². The Kier molecular flexibility index (Phi) is 8.11. The van der Waals surface area contributed by atoms with Crippen molar-refractivity contribution < 1.29 is 6.22 Å². The van der Waals surface area contributed by atoms with Gasteiger partial charge in [-0.2, -0.15) is 0 Å². The molecule has 0 radical (unpaired) electrons. The SMILES string of the molecule is CC1CCCC1.CCCCC(=O)N1CCCCC1.[HH]. The van der Waals surface area contributed by atoms with Crippen LogP contribution in [-0.4, -0.2) is 23.9 Å². The van der Waals surface area contributed by atoms with E-state index in [1.54, 1.807) is 0 Å². The first-order valence-electron chi connectivity index (χ1n) is 8.01. The molecule has 2 fully saturated rings. The zero-order valence-corrected chi connectivity index (χ0v) is 12.4. The number of amides is 1. The smallest absolute Gasteiger partial charge is 0.222 e. The summed E-state index contributed by atoms with van der Waals surface area (Å²) in [7, 11) is 0. The van der Waals surface area contributed by atoms with Crippen LogP contribution >= 0.6 is 0 Å². The molecule has 2 aliphatic rings. The van der Waals surface area contributed by atoms with Crippen LogP contribution in [0.3, 0.4) is 0 Å². The second-order valence-corrected chi connectivity index (χ2v) is 5.93. The molecule has 1 saturated carbocycles. The van der Waals surface area contributed by atoms with Crippen LogP contribution in [0.25, 0.3) is 0 Å². The van der Waals surface area contributed by atoms with Gasteiger partial charge in [-0.25, -0.2) is 0 Å². The Morgan fingerprint density at radius 2 is 1.72 bits per heavy atom. The van der Waals surface area contributed by atoms with Gasteiger partial charge in [0.2, 0.25) is 5.91 Å². The van der Waals surface area contributed by atoms with Crippen molar-refractivity contribution >= 4 is 5.91 Å². The van der Waals surface area contributed by atoms with Gasteiger partial charge in [0.15, 0.2) is 0 Å². The Morgan fingerprint density at radius 3 is 2.17 bits per heavy atom. The monoisotopic (exact) mass is 255 g/mol. The molecule has 2 heteroatoms. The van der Waals surface area contributed by atoms with E-state index in [-0.39, 0.29) is 1.43 Å². The molecule has 1 heterocycles. The lowest BCUT2D eigenvalue weighted by molar-refractivity contribution is -0.132. The highest BCUT2D eigenvalue weighted by molar-refractivity contribution is 5.76. The molecule has 108 valence electrons. The molecule has 0 unspecified atom stereocenters. The predicted molar refractivity (Wildman–Crippen MR) is 79.7 cm³/mol. The van der Waals surface area contributed by atoms with Crippen LogP contribution < -0.4 is 0 Å². The fourth-order valence-electron chi connectivity index (χ4n) is 2.76. The molecule has 1 amide bonds. The van der Waals surface area contributed by atoms with Gasteiger partial charge < -0.3 is 4.90 Å². The Bertz CT molecular complexity index is 221. The summed E-state index contributed by atoms with van der Waals surface area (Å²) in [6.07, 6.45) is 12.6. The maximum atomic E-state index is 11.5. The third kappa shape index (κ3) is 6.42. The van der Waals surface area contributed by atoms with Crippen molar-refractivity contribution in [1.82, 2.24) is 4.90 Å². The average Bonchev–Trinajstić information content (AvgIpc) is 2.89. The van der Waals surface area contributed by atoms with E-state index in [1.165, 1.54) is 44.9 Å². The maximum Gasteiger partial charge on any atom is 0.222 e. The number of rotatable bonds is 3. The largest absolute Gasteiger partial charge is 0.343 e. The van der Waals surface area contributed by atoms with Crippen LogP contribution in [0.1, 0.15) is 79.5 Å². The summed E-state index contributed by atoms with van der Waals surface area (Å²) in [6.45, 7) is 6.47. The molecular weight excluding hydrogens is 222 g/mol. The number of carbonyl (C=O) groups is 1. The molecule has 0 aromatic heterocycles. The van der Waals surface area contributed by atoms with Crippen molar-refractivity contribution in [3.05, 3.63) is 0 Å². The van der Waals surface area contributed by atoms with Gasteiger partial charge in [0.25, 0.3) is 0 Å². The van der Waals surface area contributed by atoms with Crippen LogP contribution in [0.5, 0.6) is 0 Å². The second kappa shape index (κ2) is 9.41. The number of nitrogens with zero attached hydrogens (tertiary/aromatic N) is 1. The third-order valence-electron chi connectivity index (χ3n) is 4.10. The Labute approximate surface area is 115 Å². The summed E-state index contributed by atoms with van der Waals surface area (Å²) in [6, 6.07) is 0. The lowest BCUT2D eigenvalue weighted by atomic mass is 10.1. The lowest BCUT2D eigenvalue weighted by Crippen LogP contribution is -2.35. The van der Waals surface area contributed by atoms with E-state index in [0.29, 0.717) is 5.91 Å². The molecule has 1 saturated heterocycles. The number of likely N-dealkylation sites (tertiary alicyclic amines) is 1. The van der Waals surface area contributed by atoms with Crippen molar-refractivity contribution in [1.29, 1.82) is 0 Å². The van der Waals surface area contributed by atoms with Gasteiger partial charge >= 0.3 is 0 Å². The summed E-state index contributed by atoms with van der Waals surface area (Å²) in [5, 5.41) is 0. The van der Waals surface area contributed by atoms with Gasteiger partial charge in [-0.1, -0.05) is 46.0 Å². The van der Waals surface area contributed by atoms with Crippen molar-refractivity contribution in [2.45, 2.75) is 78.1 Å². The zero-order valence-electron chi connectivity index (χ0n) is 12.4. The predicted octanol–water partition coefficient (Wildman–Crippen LogP) is 4.63. The highest BCUT2D eigenvalue weighted by atomic mass is 16.2. The van der Waals surface area contributed by atoms with E-state index >= 15 is 0 Å². The van der Waals surface area contributed by atoms with Crippen molar-refractivity contribution in [2.24, 2.45) is 5.92 Å². The molecule has 18 heavy (non-hydrogen) atoms. The number of hydrogen-bond acceptors (Lipinski definition) is 1. The fraction of sp³-hybridized carbons (Fsp3) is 0.938. The molecule has 1 aliphatic heterocycles. The van der Waals surface area contributed by atoms with E-state index in [2.05, 4.69) is 13.8 Å². The minimum atomic E-state index is 0. The van der Waals surface area contributed by atoms with Gasteiger partial charge in [0.05, 0.1) is 0 Å². The van der Waals surface area contributed by atoms with E-state index in [4.69, 9.17) is 0 Å². The normalized spacial score (nSPS) is 20.4. The molecule has 0 N–H and O–H groups in total. The Balaban J connectivity index is 0.000000392. The highest BCUT2D eigenvalue weighted by Crippen LogP contribution is 2.22. The average molecular weight is 255 g/mol. The van der Waals surface area contributed by atoms with Crippen LogP contribution in [0.2, 0.25) is 0 Å². The summed E-state index contributed by atoms with van der Waals surface area (Å²) >= 11 is 0. The quantitative estimate of drug-likeness (QED) is 0.720. The summed E-state index contributed by atoms with van der Waals surface area (Å²) < 4.78 is 0. The third-order valence-corrected chi connectivity index (χ3v) is 4.10. The maximum absolute atomic E-state index is 11.5. The van der Waals surface area contributed by atoms with E-state index in [9.17, 15) is 4.79 Å². The molecule has 2 rings (SSSR count). The topological polar surface area (TPSA) is 20.3 Å². The standard InChI is InChI=1S/C10H19NO.C6H12.H2/c1-2-3-7-10(12)11-8-5-4-6-9-11;1-6-4-2-3-5-6;/h2-9H2,1H3;6H,2-5H2,1H3;1H. The summed E-state index contributed by atoms with van der Waals surface area (Å²) in [5.74, 6) is 1.42. The Hall–Kier alpha value is -0.530. The van der Waals surface area contributed by atoms with Gasteiger partial charge in [0, 0.05) is 20.9 Å². The number of hydrogen-bond donors (Lipinski definition) is 0. The van der Waals surface area contributed by atoms with Gasteiger partial charge in [-0.05, 0) is 31.6 Å². The molecule has 1 aliphatic carbocycles. The number of carbonyl (C=O) groups excluding carboxylic acids is 1. The van der Waals surface area contributed by atoms with Gasteiger partial charge in [-0.15, -0.1) is 0 Å². The Morgan fingerprint density at radius 1 is 1.11 bits per heavy atom. The van der Waals surface area contributed by atoms with E-state index in [0.717, 1.165) is 38.3 Å². The first-order valence-corrected chi connectivity index (χ1v) is 8.01. The summed E-state index contributed by atoms with van der Waals surface area (Å²) in [5.41, 5.74) is 0. The first kappa shape index (κ1) is 15.5. The van der Waals surface area contributed by atoms with E-state index < -0.39 is 0 Å². The molecule has 0 atom stereocenters. The fourth-order valence-corrected chi connectivity index (χ4v) is 2.76. The second-order valence-electron chi connectivity index (χ2n) is 5.93. The number of unbranched alkanes of at least 4 members (excludes halogenated alkanes) is 1. The summed E-state index contributed by atoms with van der Waals surface area (Å²) in [4.78, 5) is 13.5. The molecular formula is C16H33NO. The molecule has 2 nitrogen and oxygen atoms in total. The van der Waals surface area contributed by atoms with Crippen molar-refractivity contribution in [3.63, 3.8) is 0 Å². The van der Waals surface area contributed by atoms with Crippen LogP contribution in [0.15, 0.2) is 0 Å². The number of piperidine rings is 1. The minimum absolute atomic E-state index is 0. The molecule has 0 spiro atoms. The van der Waals surface area contributed by atoms with Crippen LogP contribution in [0.4, 0.5) is 0 Å². The first-order chi connectivity index (χ1) is 8.74. The molecule has 0 aromatic rings. The lowest BCUT2D eigenvalue weighted by Gasteiger charge is -2.26. The van der Waals surface area contributed by atoms with Crippen LogP contribution in [0, 0.1) is 5.92 Å². The molecule has 0 bridgehead atoms. The van der Waals surface area contributed by atoms with Gasteiger partial charge in [-0.3, -0.25) is 4.79 Å². The molecule has 0 aromatic carbocycles. The van der Waals surface area contributed by atoms with Gasteiger partial charge in [0.1, 0.15) is 0 Å². The minimum Gasteiger partial charge on any atom is -0.343 e. The van der Waals surface area contributed by atoms with Crippen molar-refractivity contribution in [2.75, 3.05) is 13.1 Å². The van der Waals surface area contributed by atoms with E-state index in [1.807, 2.05) is 4.90 Å². The van der Waals surface area contributed by atoms with Crippen LogP contribution in [-0.2, 0) is 4.79 Å². The zero-order chi connectivity index (χ0) is 13.2.